The van der Waals surface area contributed by atoms with Crippen LogP contribution in [0, 0.1) is 5.92 Å². The maximum absolute atomic E-state index is 12.1. The predicted molar refractivity (Wildman–Crippen MR) is 79.2 cm³/mol. The fourth-order valence-corrected chi connectivity index (χ4v) is 2.52. The number of hydrogen-bond donors (Lipinski definition) is 2. The number of aliphatic hydroxyl groups excluding tert-OH is 1. The summed E-state index contributed by atoms with van der Waals surface area (Å²) < 4.78 is 0.906. The number of halogens is 1. The minimum Gasteiger partial charge on any atom is -0.396 e. The Morgan fingerprint density at radius 3 is 2.70 bits per heavy atom. The number of piperidine rings is 1. The number of anilines is 1. The Bertz CT molecular complexity index is 490. The molecule has 0 bridgehead atoms. The number of carbonyl (C=O) groups excluding carboxylic acids is 2. The summed E-state index contributed by atoms with van der Waals surface area (Å²) in [6.45, 7) is 1.07. The molecule has 1 aliphatic rings. The lowest BCUT2D eigenvalue weighted by Crippen LogP contribution is -2.45. The van der Waals surface area contributed by atoms with Crippen LogP contribution in [0.25, 0.3) is 0 Å². The molecule has 108 valence electrons. The SMILES string of the molecule is O=C(Nc1ccc(Br)cc1)C(=O)N1CCCC(CO)C1. The molecule has 0 saturated carbocycles. The first kappa shape index (κ1) is 15.0. The number of nitrogens with one attached hydrogen (secondary N) is 1. The van der Waals surface area contributed by atoms with Crippen LogP contribution in [0.3, 0.4) is 0 Å². The van der Waals surface area contributed by atoms with E-state index >= 15 is 0 Å². The molecule has 0 radical (unpaired) electrons. The number of benzene rings is 1. The third kappa shape index (κ3) is 3.80. The van der Waals surface area contributed by atoms with Crippen molar-refractivity contribution in [1.82, 2.24) is 4.90 Å². The molecule has 2 N–H and O–H groups in total. The molecule has 1 heterocycles. The van der Waals surface area contributed by atoms with Crippen molar-refractivity contribution >= 4 is 33.4 Å². The van der Waals surface area contributed by atoms with Gasteiger partial charge in [-0.15, -0.1) is 0 Å². The lowest BCUT2D eigenvalue weighted by molar-refractivity contribution is -0.144. The quantitative estimate of drug-likeness (QED) is 0.803. The molecular formula is C14H17BrN2O3. The van der Waals surface area contributed by atoms with Crippen LogP contribution in [-0.4, -0.2) is 41.5 Å². The summed E-state index contributed by atoms with van der Waals surface area (Å²) >= 11 is 3.31. The average molecular weight is 341 g/mol. The van der Waals surface area contributed by atoms with Crippen LogP contribution >= 0.6 is 15.9 Å². The Morgan fingerprint density at radius 1 is 1.35 bits per heavy atom. The van der Waals surface area contributed by atoms with Crippen LogP contribution in [-0.2, 0) is 9.59 Å². The highest BCUT2D eigenvalue weighted by molar-refractivity contribution is 9.10. The summed E-state index contributed by atoms with van der Waals surface area (Å²) in [6.07, 6.45) is 1.72. The van der Waals surface area contributed by atoms with E-state index in [2.05, 4.69) is 21.2 Å². The summed E-state index contributed by atoms with van der Waals surface area (Å²) in [4.78, 5) is 25.5. The third-order valence-corrected chi connectivity index (χ3v) is 3.89. The molecule has 1 aromatic carbocycles. The highest BCUT2D eigenvalue weighted by Gasteiger charge is 2.27. The fraction of sp³-hybridized carbons (Fsp3) is 0.429. The Hall–Kier alpha value is -1.40. The monoisotopic (exact) mass is 340 g/mol. The first-order valence-electron chi connectivity index (χ1n) is 6.57. The molecule has 2 rings (SSSR count). The number of carbonyl (C=O) groups is 2. The van der Waals surface area contributed by atoms with Gasteiger partial charge in [0, 0.05) is 29.9 Å². The number of nitrogens with zero attached hydrogens (tertiary/aromatic N) is 1. The second-order valence-corrected chi connectivity index (χ2v) is 5.82. The number of hydrogen-bond acceptors (Lipinski definition) is 3. The van der Waals surface area contributed by atoms with Crippen LogP contribution in [0.2, 0.25) is 0 Å². The van der Waals surface area contributed by atoms with Gasteiger partial charge >= 0.3 is 11.8 Å². The molecule has 1 atom stereocenters. The van der Waals surface area contributed by atoms with Crippen LogP contribution in [0.15, 0.2) is 28.7 Å². The molecule has 1 unspecified atom stereocenters. The molecule has 2 amide bonds. The zero-order valence-corrected chi connectivity index (χ0v) is 12.6. The van der Waals surface area contributed by atoms with Crippen molar-refractivity contribution in [3.63, 3.8) is 0 Å². The summed E-state index contributed by atoms with van der Waals surface area (Å²) in [5.74, 6) is -1.09. The summed E-state index contributed by atoms with van der Waals surface area (Å²) in [7, 11) is 0. The summed E-state index contributed by atoms with van der Waals surface area (Å²) in [5, 5.41) is 11.7. The van der Waals surface area contributed by atoms with E-state index in [1.54, 1.807) is 24.3 Å². The second-order valence-electron chi connectivity index (χ2n) is 4.90. The van der Waals surface area contributed by atoms with E-state index in [0.717, 1.165) is 17.3 Å². The molecule has 1 aliphatic heterocycles. The standard InChI is InChI=1S/C14H17BrN2O3/c15-11-3-5-12(6-4-11)16-13(19)14(20)17-7-1-2-10(8-17)9-18/h3-6,10,18H,1-2,7-9H2,(H,16,19). The molecule has 1 saturated heterocycles. The van der Waals surface area contributed by atoms with E-state index in [0.29, 0.717) is 18.8 Å². The van der Waals surface area contributed by atoms with Gasteiger partial charge in [0.15, 0.2) is 0 Å². The molecule has 20 heavy (non-hydrogen) atoms. The number of rotatable bonds is 2. The van der Waals surface area contributed by atoms with Gasteiger partial charge in [0.1, 0.15) is 0 Å². The Kier molecular flexibility index (Phi) is 5.14. The van der Waals surface area contributed by atoms with Crippen LogP contribution in [0.4, 0.5) is 5.69 Å². The van der Waals surface area contributed by atoms with Gasteiger partial charge in [-0.1, -0.05) is 15.9 Å². The van der Waals surface area contributed by atoms with Crippen molar-refractivity contribution in [3.8, 4) is 0 Å². The van der Waals surface area contributed by atoms with Gasteiger partial charge in [-0.05, 0) is 43.0 Å². The Balaban J connectivity index is 1.94. The highest BCUT2D eigenvalue weighted by Crippen LogP contribution is 2.17. The van der Waals surface area contributed by atoms with Gasteiger partial charge in [-0.3, -0.25) is 9.59 Å². The summed E-state index contributed by atoms with van der Waals surface area (Å²) in [5.41, 5.74) is 0.585. The largest absolute Gasteiger partial charge is 0.396 e. The lowest BCUT2D eigenvalue weighted by atomic mass is 9.99. The van der Waals surface area contributed by atoms with Gasteiger partial charge in [-0.25, -0.2) is 0 Å². The summed E-state index contributed by atoms with van der Waals surface area (Å²) in [6, 6.07) is 7.04. The third-order valence-electron chi connectivity index (χ3n) is 3.36. The number of likely N-dealkylation sites (tertiary alicyclic amines) is 1. The first-order valence-corrected chi connectivity index (χ1v) is 7.36. The zero-order valence-electron chi connectivity index (χ0n) is 11.0. The lowest BCUT2D eigenvalue weighted by Gasteiger charge is -2.31. The van der Waals surface area contributed by atoms with Crippen molar-refractivity contribution in [1.29, 1.82) is 0 Å². The van der Waals surface area contributed by atoms with Crippen molar-refractivity contribution in [2.45, 2.75) is 12.8 Å². The minimum absolute atomic E-state index is 0.0537. The minimum atomic E-state index is -0.633. The van der Waals surface area contributed by atoms with E-state index < -0.39 is 11.8 Å². The smallest absolute Gasteiger partial charge is 0.313 e. The molecule has 0 spiro atoms. The maximum Gasteiger partial charge on any atom is 0.313 e. The maximum atomic E-state index is 12.1. The predicted octanol–water partition coefficient (Wildman–Crippen LogP) is 1.62. The van der Waals surface area contributed by atoms with E-state index in [4.69, 9.17) is 5.11 Å². The first-order chi connectivity index (χ1) is 9.60. The molecule has 1 aromatic rings. The van der Waals surface area contributed by atoms with Gasteiger partial charge in [0.2, 0.25) is 0 Å². The Morgan fingerprint density at radius 2 is 2.05 bits per heavy atom. The molecule has 6 heteroatoms. The van der Waals surface area contributed by atoms with E-state index in [1.165, 1.54) is 4.90 Å². The van der Waals surface area contributed by atoms with Crippen LogP contribution < -0.4 is 5.32 Å². The van der Waals surface area contributed by atoms with Gasteiger partial charge in [-0.2, -0.15) is 0 Å². The normalized spacial score (nSPS) is 18.7. The number of amides is 2. The average Bonchev–Trinajstić information content (AvgIpc) is 2.48. The van der Waals surface area contributed by atoms with Crippen molar-refractivity contribution in [3.05, 3.63) is 28.7 Å². The molecule has 1 fully saturated rings. The van der Waals surface area contributed by atoms with Crippen molar-refractivity contribution < 1.29 is 14.7 Å². The molecular weight excluding hydrogens is 324 g/mol. The van der Waals surface area contributed by atoms with E-state index in [-0.39, 0.29) is 12.5 Å². The number of aliphatic hydroxyl groups is 1. The molecule has 0 aliphatic carbocycles. The highest BCUT2D eigenvalue weighted by atomic mass is 79.9. The van der Waals surface area contributed by atoms with Crippen LogP contribution in [0.5, 0.6) is 0 Å². The van der Waals surface area contributed by atoms with E-state index in [1.807, 2.05) is 0 Å². The Labute approximate surface area is 126 Å². The van der Waals surface area contributed by atoms with Crippen molar-refractivity contribution in [2.75, 3.05) is 25.0 Å². The zero-order chi connectivity index (χ0) is 14.5. The topological polar surface area (TPSA) is 69.6 Å². The van der Waals surface area contributed by atoms with Crippen LogP contribution in [0.1, 0.15) is 12.8 Å². The van der Waals surface area contributed by atoms with Gasteiger partial charge in [0.05, 0.1) is 0 Å². The molecule has 0 aromatic heterocycles. The van der Waals surface area contributed by atoms with Crippen molar-refractivity contribution in [2.24, 2.45) is 5.92 Å². The van der Waals surface area contributed by atoms with Gasteiger partial charge in [0.25, 0.3) is 0 Å². The fourth-order valence-electron chi connectivity index (χ4n) is 2.26. The van der Waals surface area contributed by atoms with Gasteiger partial charge < -0.3 is 15.3 Å². The van der Waals surface area contributed by atoms with E-state index in [9.17, 15) is 9.59 Å². The molecule has 5 nitrogen and oxygen atoms in total. The second kappa shape index (κ2) is 6.85.